The number of nitrogens with zero attached hydrogens (tertiary/aromatic N) is 1. The lowest BCUT2D eigenvalue weighted by molar-refractivity contribution is -0.138. The van der Waals surface area contributed by atoms with E-state index in [4.69, 9.17) is 14.2 Å². The molecule has 0 saturated carbocycles. The first-order chi connectivity index (χ1) is 14.6. The molecule has 170 valence electrons. The summed E-state index contributed by atoms with van der Waals surface area (Å²) in [5.41, 5.74) is -0.0990. The summed E-state index contributed by atoms with van der Waals surface area (Å²) in [7, 11) is 2.43. The summed E-state index contributed by atoms with van der Waals surface area (Å²) in [5.74, 6) is -0.843. The second kappa shape index (κ2) is 10.7. The number of carbonyl (C=O) groups excluding carboxylic acids is 3. The zero-order valence-electron chi connectivity index (χ0n) is 18.6. The maximum atomic E-state index is 12.3. The van der Waals surface area contributed by atoms with Gasteiger partial charge in [0.15, 0.2) is 0 Å². The molecule has 0 radical (unpaired) electrons. The standard InChI is InChI=1S/C22H30N2O7/c1-22(2,3)31-21(27)24-11-7-10-17(14-24)30-16-9-6-8-15(12-16)23-18(20(26)29-5)13-19(25)28-4/h6,8-9,12-13,17,23H,7,10-11,14H2,1-5H3/b18-13+. The van der Waals surface area contributed by atoms with Crippen LogP contribution in [0.1, 0.15) is 33.6 Å². The molecule has 0 bridgehead atoms. The number of ether oxygens (including phenoxy) is 4. The Morgan fingerprint density at radius 3 is 2.55 bits per heavy atom. The van der Waals surface area contributed by atoms with E-state index < -0.39 is 17.5 Å². The molecule has 1 aromatic rings. The summed E-state index contributed by atoms with van der Waals surface area (Å²) in [6.07, 6.45) is 2.07. The van der Waals surface area contributed by atoms with E-state index in [9.17, 15) is 14.4 Å². The van der Waals surface area contributed by atoms with Crippen LogP contribution in [0.4, 0.5) is 10.5 Å². The van der Waals surface area contributed by atoms with Crippen molar-refractivity contribution in [2.24, 2.45) is 0 Å². The summed E-state index contributed by atoms with van der Waals surface area (Å²) in [6, 6.07) is 6.94. The number of amides is 1. The summed E-state index contributed by atoms with van der Waals surface area (Å²) in [6.45, 7) is 6.54. The lowest BCUT2D eigenvalue weighted by Crippen LogP contribution is -2.46. The molecule has 31 heavy (non-hydrogen) atoms. The van der Waals surface area contributed by atoms with Crippen molar-refractivity contribution in [3.05, 3.63) is 36.0 Å². The SMILES string of the molecule is COC(=O)/C=C(/Nc1cccc(OC2CCCN(C(=O)OC(C)(C)C)C2)c1)C(=O)OC. The van der Waals surface area contributed by atoms with Gasteiger partial charge in [-0.15, -0.1) is 0 Å². The largest absolute Gasteiger partial charge is 0.489 e. The quantitative estimate of drug-likeness (QED) is 0.414. The summed E-state index contributed by atoms with van der Waals surface area (Å²) in [5, 5.41) is 2.85. The van der Waals surface area contributed by atoms with Crippen molar-refractivity contribution >= 4 is 23.7 Å². The molecule has 1 heterocycles. The topological polar surface area (TPSA) is 103 Å². The highest BCUT2D eigenvalue weighted by Crippen LogP contribution is 2.24. The fraction of sp³-hybridized carbons (Fsp3) is 0.500. The minimum atomic E-state index is -0.711. The van der Waals surface area contributed by atoms with Gasteiger partial charge in [0.05, 0.1) is 26.8 Å². The van der Waals surface area contributed by atoms with E-state index in [0.717, 1.165) is 18.9 Å². The maximum Gasteiger partial charge on any atom is 0.410 e. The van der Waals surface area contributed by atoms with Gasteiger partial charge in [0, 0.05) is 18.3 Å². The number of anilines is 1. The molecule has 0 spiro atoms. The highest BCUT2D eigenvalue weighted by atomic mass is 16.6. The number of likely N-dealkylation sites (tertiary alicyclic amines) is 1. The van der Waals surface area contributed by atoms with Crippen LogP contribution in [0.5, 0.6) is 5.75 Å². The molecule has 1 fully saturated rings. The highest BCUT2D eigenvalue weighted by molar-refractivity contribution is 5.98. The molecule has 1 aromatic carbocycles. The van der Waals surface area contributed by atoms with Gasteiger partial charge in [-0.05, 0) is 45.7 Å². The second-order valence-electron chi connectivity index (χ2n) is 8.03. The number of nitrogens with one attached hydrogen (secondary N) is 1. The lowest BCUT2D eigenvalue weighted by Gasteiger charge is -2.34. The third-order valence-corrected chi connectivity index (χ3v) is 4.31. The van der Waals surface area contributed by atoms with Crippen LogP contribution in [-0.4, -0.2) is 61.9 Å². The number of rotatable bonds is 6. The van der Waals surface area contributed by atoms with Crippen molar-refractivity contribution in [2.75, 3.05) is 32.6 Å². The number of carbonyl (C=O) groups is 3. The van der Waals surface area contributed by atoms with Crippen LogP contribution in [0.2, 0.25) is 0 Å². The summed E-state index contributed by atoms with van der Waals surface area (Å²) < 4.78 is 20.8. The molecule has 1 saturated heterocycles. The van der Waals surface area contributed by atoms with E-state index in [1.54, 1.807) is 29.2 Å². The minimum Gasteiger partial charge on any atom is -0.489 e. The summed E-state index contributed by atoms with van der Waals surface area (Å²) >= 11 is 0. The molecule has 9 heteroatoms. The molecule has 0 aliphatic carbocycles. The van der Waals surface area contributed by atoms with Gasteiger partial charge >= 0.3 is 18.0 Å². The fourth-order valence-corrected chi connectivity index (χ4v) is 2.95. The normalized spacial score (nSPS) is 16.9. The molecule has 1 aliphatic rings. The molecule has 1 N–H and O–H groups in total. The smallest absolute Gasteiger partial charge is 0.410 e. The van der Waals surface area contributed by atoms with Gasteiger partial charge < -0.3 is 29.2 Å². The number of piperidine rings is 1. The van der Waals surface area contributed by atoms with Crippen LogP contribution < -0.4 is 10.1 Å². The third kappa shape index (κ3) is 7.84. The Bertz CT molecular complexity index is 829. The van der Waals surface area contributed by atoms with E-state index in [1.807, 2.05) is 20.8 Å². The number of methoxy groups -OCH3 is 2. The van der Waals surface area contributed by atoms with Gasteiger partial charge in [-0.1, -0.05) is 6.07 Å². The van der Waals surface area contributed by atoms with Gasteiger partial charge in [0.25, 0.3) is 0 Å². The van der Waals surface area contributed by atoms with E-state index in [0.29, 0.717) is 24.5 Å². The Morgan fingerprint density at radius 2 is 1.90 bits per heavy atom. The molecule has 1 unspecified atom stereocenters. The molecule has 9 nitrogen and oxygen atoms in total. The number of benzene rings is 1. The van der Waals surface area contributed by atoms with Crippen molar-refractivity contribution < 1.29 is 33.3 Å². The van der Waals surface area contributed by atoms with Crippen LogP contribution in [0.3, 0.4) is 0 Å². The van der Waals surface area contributed by atoms with E-state index in [1.165, 1.54) is 14.2 Å². The van der Waals surface area contributed by atoms with E-state index in [-0.39, 0.29) is 17.9 Å². The Balaban J connectivity index is 2.06. The Labute approximate surface area is 182 Å². The van der Waals surface area contributed by atoms with Crippen LogP contribution in [0.25, 0.3) is 0 Å². The first-order valence-electron chi connectivity index (χ1n) is 10.0. The molecule has 2 rings (SSSR count). The first kappa shape index (κ1) is 24.0. The van der Waals surface area contributed by atoms with Gasteiger partial charge in [-0.3, -0.25) is 0 Å². The zero-order valence-corrected chi connectivity index (χ0v) is 18.6. The molecule has 1 aliphatic heterocycles. The fourth-order valence-electron chi connectivity index (χ4n) is 2.95. The van der Waals surface area contributed by atoms with Crippen molar-refractivity contribution in [2.45, 2.75) is 45.3 Å². The lowest BCUT2D eigenvalue weighted by atomic mass is 10.1. The molecular formula is C22H30N2O7. The monoisotopic (exact) mass is 434 g/mol. The average Bonchev–Trinajstić information content (AvgIpc) is 2.71. The van der Waals surface area contributed by atoms with Crippen molar-refractivity contribution in [1.29, 1.82) is 0 Å². The third-order valence-electron chi connectivity index (χ3n) is 4.31. The second-order valence-corrected chi connectivity index (χ2v) is 8.03. The van der Waals surface area contributed by atoms with Crippen LogP contribution in [0.15, 0.2) is 36.0 Å². The first-order valence-corrected chi connectivity index (χ1v) is 10.0. The maximum absolute atomic E-state index is 12.3. The van der Waals surface area contributed by atoms with Gasteiger partial charge in [-0.25, -0.2) is 14.4 Å². The zero-order chi connectivity index (χ0) is 23.0. The predicted octanol–water partition coefficient (Wildman–Crippen LogP) is 3.11. The molecule has 1 amide bonds. The molecule has 0 aromatic heterocycles. The Hall–Kier alpha value is -3.23. The van der Waals surface area contributed by atoms with Gasteiger partial charge in [0.2, 0.25) is 0 Å². The van der Waals surface area contributed by atoms with Crippen LogP contribution in [-0.2, 0) is 23.8 Å². The number of esters is 2. The van der Waals surface area contributed by atoms with Crippen molar-refractivity contribution in [3.8, 4) is 5.75 Å². The number of hydrogen-bond acceptors (Lipinski definition) is 8. The van der Waals surface area contributed by atoms with Gasteiger partial charge in [-0.2, -0.15) is 0 Å². The molecule has 1 atom stereocenters. The highest BCUT2D eigenvalue weighted by Gasteiger charge is 2.28. The Morgan fingerprint density at radius 1 is 1.16 bits per heavy atom. The van der Waals surface area contributed by atoms with Crippen LogP contribution in [0, 0.1) is 0 Å². The van der Waals surface area contributed by atoms with Crippen molar-refractivity contribution in [3.63, 3.8) is 0 Å². The van der Waals surface area contributed by atoms with Gasteiger partial charge in [0.1, 0.15) is 23.2 Å². The summed E-state index contributed by atoms with van der Waals surface area (Å²) in [4.78, 5) is 37.4. The average molecular weight is 434 g/mol. The Kier molecular flexibility index (Phi) is 8.30. The molecular weight excluding hydrogens is 404 g/mol. The van der Waals surface area contributed by atoms with Crippen LogP contribution >= 0.6 is 0 Å². The van der Waals surface area contributed by atoms with Crippen molar-refractivity contribution in [1.82, 2.24) is 4.90 Å². The number of hydrogen-bond donors (Lipinski definition) is 1. The minimum absolute atomic E-state index is 0.0692. The predicted molar refractivity (Wildman–Crippen MR) is 114 cm³/mol. The van der Waals surface area contributed by atoms with E-state index >= 15 is 0 Å². The van der Waals surface area contributed by atoms with E-state index in [2.05, 4.69) is 10.1 Å².